The maximum Gasteiger partial charge on any atom is 0.0701 e. The van der Waals surface area contributed by atoms with E-state index in [0.29, 0.717) is 52.9 Å². The molecule has 0 aliphatic heterocycles. The number of ether oxygens (including phenoxy) is 5. The van der Waals surface area contributed by atoms with Gasteiger partial charge >= 0.3 is 0 Å². The molecule has 0 rings (SSSR count). The standard InChI is InChI=1S/C12H27NO5.H2/c1-13-3-4-15-7-8-17-11-12-18-10-9-16-6-5-14-2;/h13H,3-12H2,1-2H3;1H. The topological polar surface area (TPSA) is 58.2 Å². The molecule has 0 heterocycles. The van der Waals surface area contributed by atoms with Gasteiger partial charge in [-0.05, 0) is 7.05 Å². The highest BCUT2D eigenvalue weighted by atomic mass is 16.6. The van der Waals surface area contributed by atoms with Gasteiger partial charge in [-0.15, -0.1) is 0 Å². The van der Waals surface area contributed by atoms with E-state index in [1.165, 1.54) is 0 Å². The second kappa shape index (κ2) is 16.8. The maximum absolute atomic E-state index is 5.33. The van der Waals surface area contributed by atoms with Crippen LogP contribution in [0.5, 0.6) is 0 Å². The van der Waals surface area contributed by atoms with Crippen LogP contribution in [0.15, 0.2) is 0 Å². The fraction of sp³-hybridized carbons (Fsp3) is 1.00. The number of likely N-dealkylation sites (N-methyl/N-ethyl adjacent to an activating group) is 1. The Labute approximate surface area is 111 Å². The third-order valence-corrected chi connectivity index (χ3v) is 2.04. The van der Waals surface area contributed by atoms with E-state index < -0.39 is 0 Å². The molecule has 0 aromatic carbocycles. The minimum absolute atomic E-state index is 0. The number of hydrogen-bond donors (Lipinski definition) is 1. The van der Waals surface area contributed by atoms with E-state index >= 15 is 0 Å². The molecule has 6 heteroatoms. The molecule has 18 heavy (non-hydrogen) atoms. The van der Waals surface area contributed by atoms with Crippen molar-refractivity contribution in [3.8, 4) is 0 Å². The summed E-state index contributed by atoms with van der Waals surface area (Å²) < 4.78 is 26.0. The molecule has 0 saturated carbocycles. The predicted octanol–water partition coefficient (Wildman–Crippen LogP) is 0.165. The van der Waals surface area contributed by atoms with E-state index in [2.05, 4.69) is 5.32 Å². The van der Waals surface area contributed by atoms with Gasteiger partial charge in [0.2, 0.25) is 0 Å². The third kappa shape index (κ3) is 15.8. The van der Waals surface area contributed by atoms with Crippen LogP contribution in [0.3, 0.4) is 0 Å². The Morgan fingerprint density at radius 3 is 1.44 bits per heavy atom. The van der Waals surface area contributed by atoms with E-state index in [1.54, 1.807) is 7.11 Å². The van der Waals surface area contributed by atoms with Gasteiger partial charge < -0.3 is 29.0 Å². The Bertz CT molecular complexity index is 138. The zero-order valence-corrected chi connectivity index (χ0v) is 11.6. The van der Waals surface area contributed by atoms with Crippen molar-refractivity contribution in [2.45, 2.75) is 0 Å². The average Bonchev–Trinajstić information content (AvgIpc) is 2.39. The Hall–Kier alpha value is -0.240. The van der Waals surface area contributed by atoms with E-state index in [-0.39, 0.29) is 1.43 Å². The van der Waals surface area contributed by atoms with Gasteiger partial charge in [0.25, 0.3) is 0 Å². The van der Waals surface area contributed by atoms with E-state index in [1.807, 2.05) is 7.05 Å². The van der Waals surface area contributed by atoms with Crippen LogP contribution in [0.2, 0.25) is 0 Å². The molecule has 0 aromatic heterocycles. The van der Waals surface area contributed by atoms with Crippen LogP contribution >= 0.6 is 0 Å². The summed E-state index contributed by atoms with van der Waals surface area (Å²) in [5.41, 5.74) is 0. The summed E-state index contributed by atoms with van der Waals surface area (Å²) in [6.07, 6.45) is 0. The molecule has 0 aliphatic rings. The van der Waals surface area contributed by atoms with Crippen molar-refractivity contribution >= 4 is 0 Å². The number of methoxy groups -OCH3 is 1. The first-order valence-corrected chi connectivity index (χ1v) is 6.36. The highest BCUT2D eigenvalue weighted by Gasteiger charge is 1.92. The number of nitrogens with one attached hydrogen (secondary N) is 1. The minimum atomic E-state index is 0. The van der Waals surface area contributed by atoms with E-state index in [0.717, 1.165) is 13.2 Å². The Morgan fingerprint density at radius 1 is 0.667 bits per heavy atom. The van der Waals surface area contributed by atoms with Crippen LogP contribution in [-0.4, -0.2) is 80.2 Å². The molecule has 0 radical (unpaired) electrons. The minimum Gasteiger partial charge on any atom is -0.382 e. The first kappa shape index (κ1) is 17.8. The third-order valence-electron chi connectivity index (χ3n) is 2.04. The molecular formula is C12H29NO5. The van der Waals surface area contributed by atoms with Crippen LogP contribution in [0, 0.1) is 0 Å². The summed E-state index contributed by atoms with van der Waals surface area (Å²) in [7, 11) is 3.55. The van der Waals surface area contributed by atoms with E-state index in [9.17, 15) is 0 Å². The van der Waals surface area contributed by atoms with Gasteiger partial charge in [-0.25, -0.2) is 0 Å². The van der Waals surface area contributed by atoms with Crippen molar-refractivity contribution in [1.29, 1.82) is 0 Å². The zero-order valence-electron chi connectivity index (χ0n) is 11.6. The Balaban J connectivity index is 0. The van der Waals surface area contributed by atoms with Crippen LogP contribution in [0.25, 0.3) is 0 Å². The molecule has 1 N–H and O–H groups in total. The second-order valence-electron chi connectivity index (χ2n) is 3.55. The first-order valence-electron chi connectivity index (χ1n) is 6.36. The SMILES string of the molecule is CNCCOCCOCCOCCOCCOC.[HH]. The molecular weight excluding hydrogens is 238 g/mol. The van der Waals surface area contributed by atoms with Crippen molar-refractivity contribution in [2.75, 3.05) is 80.2 Å². The highest BCUT2D eigenvalue weighted by molar-refractivity contribution is 4.37. The molecule has 0 saturated heterocycles. The summed E-state index contributed by atoms with van der Waals surface area (Å²) >= 11 is 0. The molecule has 0 aromatic rings. The van der Waals surface area contributed by atoms with Gasteiger partial charge in [-0.2, -0.15) is 0 Å². The number of rotatable bonds is 15. The van der Waals surface area contributed by atoms with Crippen LogP contribution in [-0.2, 0) is 23.7 Å². The fourth-order valence-corrected chi connectivity index (χ4v) is 1.08. The predicted molar refractivity (Wildman–Crippen MR) is 71.2 cm³/mol. The molecule has 0 fully saturated rings. The summed E-state index contributed by atoms with van der Waals surface area (Å²) in [4.78, 5) is 0. The van der Waals surface area contributed by atoms with Crippen molar-refractivity contribution in [2.24, 2.45) is 0 Å². The summed E-state index contributed by atoms with van der Waals surface area (Å²) in [5, 5.41) is 3.01. The largest absolute Gasteiger partial charge is 0.382 e. The van der Waals surface area contributed by atoms with Gasteiger partial charge in [0.05, 0.1) is 59.5 Å². The monoisotopic (exact) mass is 267 g/mol. The average molecular weight is 267 g/mol. The smallest absolute Gasteiger partial charge is 0.0701 e. The lowest BCUT2D eigenvalue weighted by molar-refractivity contribution is -0.00742. The van der Waals surface area contributed by atoms with Crippen molar-refractivity contribution in [3.05, 3.63) is 0 Å². The molecule has 0 unspecified atom stereocenters. The van der Waals surface area contributed by atoms with Gasteiger partial charge in [-0.1, -0.05) is 0 Å². The van der Waals surface area contributed by atoms with Crippen LogP contribution in [0.4, 0.5) is 0 Å². The molecule has 0 amide bonds. The van der Waals surface area contributed by atoms with Crippen molar-refractivity contribution in [3.63, 3.8) is 0 Å². The second-order valence-corrected chi connectivity index (χ2v) is 3.55. The molecule has 6 nitrogen and oxygen atoms in total. The highest BCUT2D eigenvalue weighted by Crippen LogP contribution is 1.82. The normalized spacial score (nSPS) is 11.0. The number of hydrogen-bond acceptors (Lipinski definition) is 6. The fourth-order valence-electron chi connectivity index (χ4n) is 1.08. The van der Waals surface area contributed by atoms with Crippen molar-refractivity contribution in [1.82, 2.24) is 5.32 Å². The van der Waals surface area contributed by atoms with Gasteiger partial charge in [0, 0.05) is 15.1 Å². The molecule has 0 atom stereocenters. The van der Waals surface area contributed by atoms with Crippen LogP contribution < -0.4 is 5.32 Å². The Kier molecular flexibility index (Phi) is 16.5. The maximum atomic E-state index is 5.33. The summed E-state index contributed by atoms with van der Waals surface area (Å²) in [5.74, 6) is 0. The zero-order chi connectivity index (χ0) is 13.3. The van der Waals surface area contributed by atoms with Gasteiger partial charge in [0.15, 0.2) is 0 Å². The quantitative estimate of drug-likeness (QED) is 0.427. The molecule has 0 aliphatic carbocycles. The van der Waals surface area contributed by atoms with Crippen LogP contribution in [0.1, 0.15) is 1.43 Å². The summed E-state index contributed by atoms with van der Waals surface area (Å²) in [6.45, 7) is 6.41. The molecule has 0 spiro atoms. The van der Waals surface area contributed by atoms with E-state index in [4.69, 9.17) is 23.7 Å². The van der Waals surface area contributed by atoms with Gasteiger partial charge in [0.1, 0.15) is 0 Å². The van der Waals surface area contributed by atoms with Gasteiger partial charge in [-0.3, -0.25) is 0 Å². The first-order chi connectivity index (χ1) is 8.91. The lowest BCUT2D eigenvalue weighted by Crippen LogP contribution is -2.17. The molecule has 0 bridgehead atoms. The van der Waals surface area contributed by atoms with Crippen molar-refractivity contribution < 1.29 is 25.1 Å². The lowest BCUT2D eigenvalue weighted by Gasteiger charge is -2.07. The molecule has 112 valence electrons. The Morgan fingerprint density at radius 2 is 1.06 bits per heavy atom. The lowest BCUT2D eigenvalue weighted by atomic mass is 10.6. The summed E-state index contributed by atoms with van der Waals surface area (Å²) in [6, 6.07) is 0.